The molecule has 1 atom stereocenters. The number of hydrogen-bond acceptors (Lipinski definition) is 4. The molecule has 0 aromatic carbocycles. The first kappa shape index (κ1) is 16.3. The summed E-state index contributed by atoms with van der Waals surface area (Å²) in [5, 5.41) is 0. The van der Waals surface area contributed by atoms with E-state index in [1.54, 1.807) is 6.20 Å². The van der Waals surface area contributed by atoms with E-state index in [9.17, 15) is 4.39 Å². The molecule has 0 saturated heterocycles. The molecule has 0 radical (unpaired) electrons. The van der Waals surface area contributed by atoms with Gasteiger partial charge in [-0.2, -0.15) is 0 Å². The van der Waals surface area contributed by atoms with Crippen molar-refractivity contribution in [1.29, 1.82) is 0 Å². The van der Waals surface area contributed by atoms with Crippen molar-refractivity contribution < 1.29 is 9.13 Å². The summed E-state index contributed by atoms with van der Waals surface area (Å²) in [5.74, 6) is 5.44. The maximum Gasteiger partial charge on any atom is 0.141 e. The van der Waals surface area contributed by atoms with Gasteiger partial charge in [0, 0.05) is 12.8 Å². The van der Waals surface area contributed by atoms with E-state index in [1.807, 2.05) is 6.92 Å². The largest absolute Gasteiger partial charge is 0.373 e. The Morgan fingerprint density at radius 1 is 1.33 bits per heavy atom. The maximum atomic E-state index is 13.5. The third kappa shape index (κ3) is 3.59. The maximum absolute atomic E-state index is 13.5. The predicted molar refractivity (Wildman–Crippen MR) is 80.9 cm³/mol. The lowest BCUT2D eigenvalue weighted by Gasteiger charge is -2.47. The average Bonchev–Trinajstić information content (AvgIpc) is 2.43. The zero-order valence-electron chi connectivity index (χ0n) is 13.2. The van der Waals surface area contributed by atoms with E-state index in [4.69, 9.17) is 10.6 Å². The van der Waals surface area contributed by atoms with E-state index in [1.165, 1.54) is 12.3 Å². The fraction of sp³-hybridized carbons (Fsp3) is 0.688. The average molecular weight is 295 g/mol. The molecule has 2 rings (SSSR count). The van der Waals surface area contributed by atoms with Crippen molar-refractivity contribution in [3.8, 4) is 0 Å². The first-order valence-electron chi connectivity index (χ1n) is 7.63. The smallest absolute Gasteiger partial charge is 0.141 e. The van der Waals surface area contributed by atoms with E-state index in [-0.39, 0.29) is 11.9 Å². The summed E-state index contributed by atoms with van der Waals surface area (Å²) in [4.78, 5) is 3.94. The quantitative estimate of drug-likeness (QED) is 0.647. The van der Waals surface area contributed by atoms with Crippen LogP contribution in [-0.2, 0) is 4.74 Å². The standard InChI is InChI=1S/C16H26FN3O/c1-4-21-16(7-5-15(2,3)6-8-16)14(20-18)12-9-13(17)11-19-10-12/h9-11,14,20H,4-8,18H2,1-3H3. The molecule has 1 saturated carbocycles. The van der Waals surface area contributed by atoms with Crippen LogP contribution in [0.2, 0.25) is 0 Å². The Kier molecular flexibility index (Phi) is 4.96. The SMILES string of the molecule is CCOC1(C(NN)c2cncc(F)c2)CCC(C)(C)CC1. The molecule has 0 amide bonds. The molecule has 0 aliphatic heterocycles. The Hall–Kier alpha value is -1.04. The van der Waals surface area contributed by atoms with Gasteiger partial charge in [-0.1, -0.05) is 13.8 Å². The van der Waals surface area contributed by atoms with Crippen molar-refractivity contribution in [3.05, 3.63) is 29.8 Å². The zero-order chi connectivity index (χ0) is 15.5. The zero-order valence-corrected chi connectivity index (χ0v) is 13.2. The molecule has 1 fully saturated rings. The summed E-state index contributed by atoms with van der Waals surface area (Å²) in [5.41, 5.74) is 3.50. The predicted octanol–water partition coefficient (Wildman–Crippen LogP) is 3.10. The highest BCUT2D eigenvalue weighted by molar-refractivity contribution is 5.20. The van der Waals surface area contributed by atoms with Gasteiger partial charge in [-0.25, -0.2) is 4.39 Å². The van der Waals surface area contributed by atoms with Crippen LogP contribution in [0, 0.1) is 11.2 Å². The van der Waals surface area contributed by atoms with Gasteiger partial charge in [-0.05, 0) is 49.7 Å². The second-order valence-electron chi connectivity index (χ2n) is 6.70. The topological polar surface area (TPSA) is 60.2 Å². The van der Waals surface area contributed by atoms with Gasteiger partial charge >= 0.3 is 0 Å². The number of pyridine rings is 1. The van der Waals surface area contributed by atoms with Crippen molar-refractivity contribution in [2.24, 2.45) is 11.3 Å². The third-order valence-corrected chi connectivity index (χ3v) is 4.63. The van der Waals surface area contributed by atoms with Crippen molar-refractivity contribution in [2.45, 2.75) is 58.1 Å². The van der Waals surface area contributed by atoms with E-state index in [2.05, 4.69) is 24.3 Å². The minimum absolute atomic E-state index is 0.253. The molecule has 3 N–H and O–H groups in total. The van der Waals surface area contributed by atoms with Crippen LogP contribution in [0.3, 0.4) is 0 Å². The van der Waals surface area contributed by atoms with Crippen molar-refractivity contribution in [2.75, 3.05) is 6.61 Å². The minimum atomic E-state index is -0.394. The van der Waals surface area contributed by atoms with Crippen LogP contribution < -0.4 is 11.3 Å². The van der Waals surface area contributed by atoms with Gasteiger partial charge in [0.1, 0.15) is 5.82 Å². The normalized spacial score (nSPS) is 22.0. The molecular weight excluding hydrogens is 269 g/mol. The summed E-state index contributed by atoms with van der Waals surface area (Å²) < 4.78 is 19.6. The highest BCUT2D eigenvalue weighted by Gasteiger charge is 2.45. The van der Waals surface area contributed by atoms with Gasteiger partial charge in [0.05, 0.1) is 17.8 Å². The first-order valence-corrected chi connectivity index (χ1v) is 7.63. The van der Waals surface area contributed by atoms with Crippen molar-refractivity contribution in [1.82, 2.24) is 10.4 Å². The van der Waals surface area contributed by atoms with Crippen LogP contribution in [0.4, 0.5) is 4.39 Å². The van der Waals surface area contributed by atoms with Crippen LogP contribution in [0.5, 0.6) is 0 Å². The molecule has 1 unspecified atom stereocenters. The fourth-order valence-corrected chi connectivity index (χ4v) is 3.29. The lowest BCUT2D eigenvalue weighted by molar-refractivity contribution is -0.108. The molecule has 5 heteroatoms. The van der Waals surface area contributed by atoms with Crippen LogP contribution >= 0.6 is 0 Å². The van der Waals surface area contributed by atoms with Crippen LogP contribution in [0.15, 0.2) is 18.5 Å². The van der Waals surface area contributed by atoms with E-state index >= 15 is 0 Å². The number of halogens is 1. The van der Waals surface area contributed by atoms with Gasteiger partial charge in [0.15, 0.2) is 0 Å². The first-order chi connectivity index (χ1) is 9.92. The molecule has 21 heavy (non-hydrogen) atoms. The second kappa shape index (κ2) is 6.38. The molecule has 0 spiro atoms. The van der Waals surface area contributed by atoms with E-state index in [0.29, 0.717) is 12.0 Å². The van der Waals surface area contributed by atoms with Crippen LogP contribution in [-0.4, -0.2) is 17.2 Å². The minimum Gasteiger partial charge on any atom is -0.373 e. The molecule has 0 bridgehead atoms. The molecule has 1 aliphatic rings. The van der Waals surface area contributed by atoms with Crippen molar-refractivity contribution in [3.63, 3.8) is 0 Å². The molecule has 118 valence electrons. The fourth-order valence-electron chi connectivity index (χ4n) is 3.29. The van der Waals surface area contributed by atoms with Gasteiger partial charge in [0.25, 0.3) is 0 Å². The molecular formula is C16H26FN3O. The molecule has 4 nitrogen and oxygen atoms in total. The summed E-state index contributed by atoms with van der Waals surface area (Å²) in [7, 11) is 0. The Labute approximate surface area is 126 Å². The Morgan fingerprint density at radius 2 is 2.00 bits per heavy atom. The number of ether oxygens (including phenoxy) is 1. The molecule has 1 aromatic heterocycles. The number of nitrogens with zero attached hydrogens (tertiary/aromatic N) is 1. The van der Waals surface area contributed by atoms with Crippen molar-refractivity contribution >= 4 is 0 Å². The molecule has 1 aromatic rings. The number of rotatable bonds is 5. The highest BCUT2D eigenvalue weighted by Crippen LogP contribution is 2.47. The van der Waals surface area contributed by atoms with Crippen LogP contribution in [0.25, 0.3) is 0 Å². The number of hydrogen-bond donors (Lipinski definition) is 2. The number of hydrazine groups is 1. The summed E-state index contributed by atoms with van der Waals surface area (Å²) in [6, 6.07) is 1.23. The van der Waals surface area contributed by atoms with Crippen LogP contribution in [0.1, 0.15) is 58.1 Å². The lowest BCUT2D eigenvalue weighted by Crippen LogP contribution is -2.51. The van der Waals surface area contributed by atoms with E-state index in [0.717, 1.165) is 31.2 Å². The third-order valence-electron chi connectivity index (χ3n) is 4.63. The number of nitrogens with one attached hydrogen (secondary N) is 1. The molecule has 1 aliphatic carbocycles. The summed E-state index contributed by atoms with van der Waals surface area (Å²) in [6.07, 6.45) is 6.79. The Balaban J connectivity index is 2.31. The Bertz CT molecular complexity index is 468. The van der Waals surface area contributed by atoms with Gasteiger partial charge in [-0.15, -0.1) is 0 Å². The van der Waals surface area contributed by atoms with Gasteiger partial charge < -0.3 is 4.74 Å². The number of nitrogens with two attached hydrogens (primary N) is 1. The highest BCUT2D eigenvalue weighted by atomic mass is 19.1. The van der Waals surface area contributed by atoms with Gasteiger partial charge in [-0.3, -0.25) is 16.3 Å². The number of aromatic nitrogens is 1. The Morgan fingerprint density at radius 3 is 2.52 bits per heavy atom. The van der Waals surface area contributed by atoms with E-state index < -0.39 is 5.60 Å². The second-order valence-corrected chi connectivity index (χ2v) is 6.70. The molecule has 1 heterocycles. The summed E-state index contributed by atoms with van der Waals surface area (Å²) in [6.45, 7) is 7.15. The lowest BCUT2D eigenvalue weighted by atomic mass is 9.67. The monoisotopic (exact) mass is 295 g/mol. The summed E-state index contributed by atoms with van der Waals surface area (Å²) >= 11 is 0. The van der Waals surface area contributed by atoms with Gasteiger partial charge in [0.2, 0.25) is 0 Å².